The van der Waals surface area contributed by atoms with Gasteiger partial charge in [-0.1, -0.05) is 18.2 Å². The third-order valence-corrected chi connectivity index (χ3v) is 5.63. The molecule has 1 unspecified atom stereocenters. The summed E-state index contributed by atoms with van der Waals surface area (Å²) >= 11 is 0. The van der Waals surface area contributed by atoms with Gasteiger partial charge in [0.25, 0.3) is 0 Å². The van der Waals surface area contributed by atoms with Gasteiger partial charge in [-0.25, -0.2) is 17.9 Å². The molecule has 1 N–H and O–H groups in total. The molecule has 2 aromatic rings. The summed E-state index contributed by atoms with van der Waals surface area (Å²) in [5, 5.41) is 0. The van der Waals surface area contributed by atoms with E-state index in [0.29, 0.717) is 5.56 Å². The van der Waals surface area contributed by atoms with Crippen molar-refractivity contribution in [3.05, 3.63) is 64.7 Å². The lowest BCUT2D eigenvalue weighted by molar-refractivity contribution is -0.137. The molecule has 2 aromatic carbocycles. The van der Waals surface area contributed by atoms with Crippen LogP contribution in [0.2, 0.25) is 0 Å². The lowest BCUT2D eigenvalue weighted by Gasteiger charge is -2.17. The second-order valence-electron chi connectivity index (χ2n) is 5.94. The van der Waals surface area contributed by atoms with Crippen LogP contribution in [0.3, 0.4) is 0 Å². The van der Waals surface area contributed by atoms with Crippen LogP contribution in [0.25, 0.3) is 0 Å². The van der Waals surface area contributed by atoms with Crippen LogP contribution in [0.1, 0.15) is 40.0 Å². The first-order valence-corrected chi connectivity index (χ1v) is 9.32. The zero-order chi connectivity index (χ0) is 20.4. The van der Waals surface area contributed by atoms with Crippen LogP contribution in [0.15, 0.2) is 47.4 Å². The Labute approximate surface area is 155 Å². The fraction of sp³-hybridized carbons (Fsp3) is 0.278. The Morgan fingerprint density at radius 2 is 1.81 bits per heavy atom. The molecule has 0 bridgehead atoms. The van der Waals surface area contributed by atoms with Crippen LogP contribution in [0.4, 0.5) is 13.2 Å². The topological polar surface area (TPSA) is 72.5 Å². The van der Waals surface area contributed by atoms with E-state index in [1.165, 1.54) is 44.4 Å². The van der Waals surface area contributed by atoms with Gasteiger partial charge in [0.2, 0.25) is 10.0 Å². The van der Waals surface area contributed by atoms with Crippen molar-refractivity contribution in [2.75, 3.05) is 7.11 Å². The maximum atomic E-state index is 12.9. The van der Waals surface area contributed by atoms with Gasteiger partial charge < -0.3 is 4.74 Å². The maximum Gasteiger partial charge on any atom is 0.416 e. The molecule has 146 valence electrons. The third kappa shape index (κ3) is 4.86. The first kappa shape index (κ1) is 20.9. The number of sulfonamides is 1. The normalized spacial score (nSPS) is 13.3. The fourth-order valence-electron chi connectivity index (χ4n) is 2.48. The Balaban J connectivity index is 2.35. The van der Waals surface area contributed by atoms with Gasteiger partial charge in [-0.05, 0) is 49.2 Å². The Kier molecular flexibility index (Phi) is 5.96. The number of carbonyl (C=O) groups excluding carboxylic acids is 1. The van der Waals surface area contributed by atoms with Crippen LogP contribution in [0.5, 0.6) is 0 Å². The molecule has 0 aromatic heterocycles. The summed E-state index contributed by atoms with van der Waals surface area (Å²) in [6.07, 6.45) is -4.53. The van der Waals surface area contributed by atoms with E-state index in [2.05, 4.69) is 9.46 Å². The molecule has 0 saturated heterocycles. The van der Waals surface area contributed by atoms with Crippen molar-refractivity contribution in [3.8, 4) is 0 Å². The number of benzene rings is 2. The summed E-state index contributed by atoms with van der Waals surface area (Å²) in [4.78, 5) is 11.5. The van der Waals surface area contributed by atoms with Crippen LogP contribution in [0, 0.1) is 6.92 Å². The molecule has 27 heavy (non-hydrogen) atoms. The lowest BCUT2D eigenvalue weighted by atomic mass is 10.1. The van der Waals surface area contributed by atoms with Crippen molar-refractivity contribution in [2.24, 2.45) is 0 Å². The van der Waals surface area contributed by atoms with E-state index in [1.54, 1.807) is 6.92 Å². The average Bonchev–Trinajstić information content (AvgIpc) is 2.60. The predicted molar refractivity (Wildman–Crippen MR) is 92.7 cm³/mol. The lowest BCUT2D eigenvalue weighted by Crippen LogP contribution is -2.28. The Morgan fingerprint density at radius 1 is 1.15 bits per heavy atom. The largest absolute Gasteiger partial charge is 0.465 e. The molecule has 0 saturated carbocycles. The minimum absolute atomic E-state index is 0.0511. The number of nitrogens with one attached hydrogen (secondary N) is 1. The number of halogens is 3. The van der Waals surface area contributed by atoms with Crippen molar-refractivity contribution >= 4 is 16.0 Å². The molecule has 0 heterocycles. The summed E-state index contributed by atoms with van der Waals surface area (Å²) in [5.41, 5.74) is -0.272. The highest BCUT2D eigenvalue weighted by Gasteiger charge is 2.31. The molecule has 0 aliphatic heterocycles. The van der Waals surface area contributed by atoms with Crippen LogP contribution >= 0.6 is 0 Å². The van der Waals surface area contributed by atoms with Crippen LogP contribution in [-0.4, -0.2) is 21.5 Å². The number of hydrogen-bond acceptors (Lipinski definition) is 4. The molecule has 1 atom stereocenters. The number of hydrogen-bond donors (Lipinski definition) is 1. The highest BCUT2D eigenvalue weighted by molar-refractivity contribution is 7.89. The number of aryl methyl sites for hydroxylation is 1. The zero-order valence-electron chi connectivity index (χ0n) is 14.8. The highest BCUT2D eigenvalue weighted by atomic mass is 32.2. The standard InChI is InChI=1S/C18H18F3NO4S/c1-11-7-8-14(17(23)26-3)10-16(11)27(24,25)22-12(2)13-5-4-6-15(9-13)18(19,20)21/h4-10,12,22H,1-3H3. The van der Waals surface area contributed by atoms with E-state index in [9.17, 15) is 26.4 Å². The van der Waals surface area contributed by atoms with Crippen molar-refractivity contribution < 1.29 is 31.1 Å². The Morgan fingerprint density at radius 3 is 2.41 bits per heavy atom. The molecule has 9 heteroatoms. The van der Waals surface area contributed by atoms with Gasteiger partial charge in [-0.15, -0.1) is 0 Å². The fourth-order valence-corrected chi connectivity index (χ4v) is 3.99. The van der Waals surface area contributed by atoms with Gasteiger partial charge in [0.1, 0.15) is 0 Å². The molecule has 0 aliphatic rings. The average molecular weight is 401 g/mol. The van der Waals surface area contributed by atoms with E-state index in [1.807, 2.05) is 0 Å². The van der Waals surface area contributed by atoms with Crippen molar-refractivity contribution in [3.63, 3.8) is 0 Å². The smallest absolute Gasteiger partial charge is 0.416 e. The maximum absolute atomic E-state index is 12.9. The summed E-state index contributed by atoms with van der Waals surface area (Å²) in [7, 11) is -2.92. The SMILES string of the molecule is COC(=O)c1ccc(C)c(S(=O)(=O)NC(C)c2cccc(C(F)(F)F)c2)c1. The summed E-state index contributed by atoms with van der Waals surface area (Å²) < 4.78 is 70.9. The molecule has 0 aliphatic carbocycles. The Bertz CT molecular complexity index is 955. The molecule has 0 fully saturated rings. The van der Waals surface area contributed by atoms with E-state index in [-0.39, 0.29) is 16.0 Å². The van der Waals surface area contributed by atoms with Gasteiger partial charge in [-0.3, -0.25) is 0 Å². The minimum Gasteiger partial charge on any atom is -0.465 e. The van der Waals surface area contributed by atoms with E-state index < -0.39 is 33.8 Å². The second kappa shape index (κ2) is 7.69. The van der Waals surface area contributed by atoms with E-state index in [4.69, 9.17) is 0 Å². The van der Waals surface area contributed by atoms with Gasteiger partial charge in [-0.2, -0.15) is 13.2 Å². The molecular weight excluding hydrogens is 383 g/mol. The highest BCUT2D eigenvalue weighted by Crippen LogP contribution is 2.31. The minimum atomic E-state index is -4.53. The number of methoxy groups -OCH3 is 1. The van der Waals surface area contributed by atoms with Gasteiger partial charge in [0, 0.05) is 6.04 Å². The molecule has 0 amide bonds. The summed E-state index contributed by atoms with van der Waals surface area (Å²) in [6, 6.07) is 7.55. The molecular formula is C18H18F3NO4S. The van der Waals surface area contributed by atoms with Crippen molar-refractivity contribution in [1.82, 2.24) is 4.72 Å². The molecule has 2 rings (SSSR count). The molecule has 0 spiro atoms. The summed E-state index contributed by atoms with van der Waals surface area (Å²) in [5.74, 6) is -0.697. The van der Waals surface area contributed by atoms with Crippen LogP contribution in [-0.2, 0) is 20.9 Å². The zero-order valence-corrected chi connectivity index (χ0v) is 15.6. The van der Waals surface area contributed by atoms with Crippen molar-refractivity contribution in [1.29, 1.82) is 0 Å². The number of esters is 1. The van der Waals surface area contributed by atoms with Gasteiger partial charge in [0.15, 0.2) is 0 Å². The monoisotopic (exact) mass is 401 g/mol. The second-order valence-corrected chi connectivity index (χ2v) is 7.62. The number of alkyl halides is 3. The van der Waals surface area contributed by atoms with Crippen molar-refractivity contribution in [2.45, 2.75) is 31.0 Å². The first-order valence-electron chi connectivity index (χ1n) is 7.84. The number of carbonyl (C=O) groups is 1. The van der Waals surface area contributed by atoms with Gasteiger partial charge in [0.05, 0.1) is 23.1 Å². The third-order valence-electron chi connectivity index (χ3n) is 3.94. The van der Waals surface area contributed by atoms with E-state index in [0.717, 1.165) is 12.1 Å². The number of rotatable bonds is 5. The van der Waals surface area contributed by atoms with Gasteiger partial charge >= 0.3 is 12.1 Å². The first-order chi connectivity index (χ1) is 12.5. The molecule has 5 nitrogen and oxygen atoms in total. The quantitative estimate of drug-likeness (QED) is 0.773. The summed E-state index contributed by atoms with van der Waals surface area (Å²) in [6.45, 7) is 2.98. The van der Waals surface area contributed by atoms with Crippen LogP contribution < -0.4 is 4.72 Å². The van der Waals surface area contributed by atoms with E-state index >= 15 is 0 Å². The predicted octanol–water partition coefficient (Wildman–Crippen LogP) is 3.84. The molecule has 0 radical (unpaired) electrons. The number of ether oxygens (including phenoxy) is 1. The Hall–Kier alpha value is -2.39.